The lowest BCUT2D eigenvalue weighted by Crippen LogP contribution is -1.95. The van der Waals surface area contributed by atoms with Crippen LogP contribution in [0.1, 0.15) is 10.4 Å². The van der Waals surface area contributed by atoms with Gasteiger partial charge in [-0.2, -0.15) is 0 Å². The van der Waals surface area contributed by atoms with Gasteiger partial charge in [-0.3, -0.25) is 0 Å². The van der Waals surface area contributed by atoms with Crippen LogP contribution in [0.3, 0.4) is 0 Å². The van der Waals surface area contributed by atoms with E-state index in [1.54, 1.807) is 0 Å². The van der Waals surface area contributed by atoms with Gasteiger partial charge in [0, 0.05) is 0 Å². The Hall–Kier alpha value is -1.80. The number of benzene rings is 1. The summed E-state index contributed by atoms with van der Waals surface area (Å²) in [6.45, 7) is 0. The van der Waals surface area contributed by atoms with E-state index in [-0.39, 0.29) is 5.56 Å². The van der Waals surface area contributed by atoms with E-state index in [9.17, 15) is 4.79 Å². The van der Waals surface area contributed by atoms with E-state index in [1.807, 2.05) is 0 Å². The Balaban J connectivity index is 0.000000437. The molecule has 9 nitrogen and oxygen atoms in total. The second-order valence-corrected chi connectivity index (χ2v) is 3.71. The fourth-order valence-electron chi connectivity index (χ4n) is 0.728. The van der Waals surface area contributed by atoms with Crippen molar-refractivity contribution in [2.75, 3.05) is 0 Å². The Labute approximate surface area is 94.1 Å². The molecule has 0 heterocycles. The Bertz CT molecular complexity index is 431. The molecule has 0 aliphatic heterocycles. The molecule has 1 aromatic rings. The van der Waals surface area contributed by atoms with Crippen molar-refractivity contribution < 1.29 is 44.5 Å². The highest BCUT2D eigenvalue weighted by molar-refractivity contribution is 7.45. The number of carbonyl (C=O) groups is 1. The molecule has 17 heavy (non-hydrogen) atoms. The van der Waals surface area contributed by atoms with Gasteiger partial charge in [0.1, 0.15) is 0 Å². The third-order valence-corrected chi connectivity index (χ3v) is 1.32. The SMILES string of the molecule is O=C(O)c1cc(O)c(O)c(O)c1.O=P(O)(O)O. The van der Waals surface area contributed by atoms with Crippen LogP contribution in [0.15, 0.2) is 12.1 Å². The first-order valence-electron chi connectivity index (χ1n) is 3.79. The van der Waals surface area contributed by atoms with Gasteiger partial charge in [-0.05, 0) is 12.1 Å². The number of carboxylic acids is 1. The van der Waals surface area contributed by atoms with Crippen molar-refractivity contribution in [3.05, 3.63) is 17.7 Å². The van der Waals surface area contributed by atoms with Gasteiger partial charge in [0.05, 0.1) is 5.56 Å². The number of carboxylic acid groups (broad SMARTS) is 1. The molecule has 0 atom stereocenters. The predicted octanol–water partition coefficient (Wildman–Crippen LogP) is -0.427. The lowest BCUT2D eigenvalue weighted by atomic mass is 10.2. The van der Waals surface area contributed by atoms with Crippen LogP contribution < -0.4 is 0 Å². The van der Waals surface area contributed by atoms with Crippen LogP contribution in [0.4, 0.5) is 0 Å². The molecule has 0 fully saturated rings. The van der Waals surface area contributed by atoms with Crippen LogP contribution in [-0.2, 0) is 4.57 Å². The molecule has 0 bridgehead atoms. The van der Waals surface area contributed by atoms with E-state index in [4.69, 9.17) is 39.7 Å². The number of phenols is 3. The topological polar surface area (TPSA) is 176 Å². The van der Waals surface area contributed by atoms with Crippen molar-refractivity contribution in [3.8, 4) is 17.2 Å². The fourth-order valence-corrected chi connectivity index (χ4v) is 0.728. The van der Waals surface area contributed by atoms with Crippen molar-refractivity contribution in [1.82, 2.24) is 0 Å². The van der Waals surface area contributed by atoms with Crippen LogP contribution in [0, 0.1) is 0 Å². The van der Waals surface area contributed by atoms with Crippen molar-refractivity contribution in [2.45, 2.75) is 0 Å². The number of aromatic hydroxyl groups is 3. The zero-order chi connectivity index (χ0) is 13.8. The molecular weight excluding hydrogens is 259 g/mol. The molecule has 0 saturated heterocycles. The van der Waals surface area contributed by atoms with Crippen molar-refractivity contribution in [1.29, 1.82) is 0 Å². The smallest absolute Gasteiger partial charge is 0.466 e. The lowest BCUT2D eigenvalue weighted by Gasteiger charge is -2.01. The Morgan fingerprint density at radius 2 is 1.29 bits per heavy atom. The molecule has 7 N–H and O–H groups in total. The van der Waals surface area contributed by atoms with Crippen molar-refractivity contribution in [2.24, 2.45) is 0 Å². The number of hydrogen-bond donors (Lipinski definition) is 7. The molecule has 0 radical (unpaired) electrons. The fraction of sp³-hybridized carbons (Fsp3) is 0. The molecule has 0 unspecified atom stereocenters. The number of rotatable bonds is 1. The van der Waals surface area contributed by atoms with Crippen LogP contribution in [0.5, 0.6) is 17.2 Å². The Morgan fingerprint density at radius 1 is 1.00 bits per heavy atom. The Morgan fingerprint density at radius 3 is 1.53 bits per heavy atom. The highest BCUT2D eigenvalue weighted by atomic mass is 31.2. The average molecular weight is 268 g/mol. The summed E-state index contributed by atoms with van der Waals surface area (Å²) >= 11 is 0. The summed E-state index contributed by atoms with van der Waals surface area (Å²) < 4.78 is 8.88. The number of hydrogen-bond acceptors (Lipinski definition) is 5. The minimum atomic E-state index is -4.64. The van der Waals surface area contributed by atoms with E-state index in [1.165, 1.54) is 0 Å². The largest absolute Gasteiger partial charge is 0.504 e. The van der Waals surface area contributed by atoms with E-state index < -0.39 is 31.0 Å². The highest BCUT2D eigenvalue weighted by Gasteiger charge is 2.11. The molecule has 0 amide bonds. The molecule has 0 aliphatic rings. The maximum absolute atomic E-state index is 10.3. The van der Waals surface area contributed by atoms with E-state index in [0.717, 1.165) is 12.1 Å². The van der Waals surface area contributed by atoms with Gasteiger partial charge < -0.3 is 35.1 Å². The summed E-state index contributed by atoms with van der Waals surface area (Å²) in [5.41, 5.74) is -0.289. The minimum absolute atomic E-state index is 0.289. The van der Waals surface area contributed by atoms with Gasteiger partial charge in [0.2, 0.25) is 0 Å². The first-order valence-corrected chi connectivity index (χ1v) is 5.35. The lowest BCUT2D eigenvalue weighted by molar-refractivity contribution is 0.0695. The minimum Gasteiger partial charge on any atom is -0.504 e. The molecule has 0 aromatic heterocycles. The predicted molar refractivity (Wildman–Crippen MR) is 52.7 cm³/mol. The summed E-state index contributed by atoms with van der Waals surface area (Å²) in [5, 5.41) is 35.0. The second kappa shape index (κ2) is 5.51. The van der Waals surface area contributed by atoms with E-state index in [2.05, 4.69) is 0 Å². The summed E-state index contributed by atoms with van der Waals surface area (Å²) in [5.74, 6) is -3.33. The molecule has 0 spiro atoms. The third kappa shape index (κ3) is 6.38. The van der Waals surface area contributed by atoms with Crippen molar-refractivity contribution >= 4 is 13.8 Å². The Kier molecular flexibility index (Phi) is 4.92. The first kappa shape index (κ1) is 15.2. The number of phenolic OH excluding ortho intramolecular Hbond substituents is 3. The van der Waals surface area contributed by atoms with Gasteiger partial charge in [0.25, 0.3) is 0 Å². The second-order valence-electron chi connectivity index (χ2n) is 2.68. The van der Waals surface area contributed by atoms with Crippen LogP contribution in [-0.4, -0.2) is 41.1 Å². The first-order chi connectivity index (χ1) is 7.52. The monoisotopic (exact) mass is 268 g/mol. The zero-order valence-corrected chi connectivity index (χ0v) is 8.94. The van der Waals surface area contributed by atoms with Gasteiger partial charge in [-0.25, -0.2) is 9.36 Å². The quantitative estimate of drug-likeness (QED) is 0.263. The molecule has 1 rings (SSSR count). The zero-order valence-electron chi connectivity index (χ0n) is 8.05. The normalized spacial score (nSPS) is 10.3. The standard InChI is InChI=1S/C7H6O5.H3O4P/c8-4-1-3(7(11)12)2-5(9)6(4)10;1-5(2,3)4/h1-2,8-10H,(H,11,12);(H3,1,2,3,4). The number of phosphoric acid groups is 1. The van der Waals surface area contributed by atoms with E-state index >= 15 is 0 Å². The molecule has 10 heteroatoms. The molecule has 0 aliphatic carbocycles. The van der Waals surface area contributed by atoms with E-state index in [0.29, 0.717) is 0 Å². The van der Waals surface area contributed by atoms with Gasteiger partial charge in [-0.1, -0.05) is 0 Å². The molecule has 0 saturated carbocycles. The summed E-state index contributed by atoms with van der Waals surface area (Å²) in [4.78, 5) is 31.9. The van der Waals surface area contributed by atoms with Gasteiger partial charge in [-0.15, -0.1) is 0 Å². The summed E-state index contributed by atoms with van der Waals surface area (Å²) in [6.07, 6.45) is 0. The number of aromatic carboxylic acids is 1. The summed E-state index contributed by atoms with van der Waals surface area (Å²) in [7, 11) is -4.64. The molecule has 96 valence electrons. The average Bonchev–Trinajstić information content (AvgIpc) is 2.10. The van der Waals surface area contributed by atoms with Crippen molar-refractivity contribution in [3.63, 3.8) is 0 Å². The van der Waals surface area contributed by atoms with Crippen LogP contribution in [0.25, 0.3) is 0 Å². The molecular formula is C7H9O9P. The van der Waals surface area contributed by atoms with Crippen LogP contribution in [0.2, 0.25) is 0 Å². The summed E-state index contributed by atoms with van der Waals surface area (Å²) in [6, 6.07) is 1.69. The van der Waals surface area contributed by atoms with Gasteiger partial charge in [0.15, 0.2) is 17.2 Å². The van der Waals surface area contributed by atoms with Crippen LogP contribution >= 0.6 is 7.82 Å². The highest BCUT2D eigenvalue weighted by Crippen LogP contribution is 2.35. The van der Waals surface area contributed by atoms with Gasteiger partial charge >= 0.3 is 13.8 Å². The maximum Gasteiger partial charge on any atom is 0.466 e. The third-order valence-electron chi connectivity index (χ3n) is 1.32. The maximum atomic E-state index is 10.3. The molecule has 1 aromatic carbocycles.